The highest BCUT2D eigenvalue weighted by atomic mass is 16.5. The van der Waals surface area contributed by atoms with Crippen LogP contribution >= 0.6 is 0 Å². The summed E-state index contributed by atoms with van der Waals surface area (Å²) in [6.45, 7) is 20.2. The first-order chi connectivity index (χ1) is 26.1. The Kier molecular flexibility index (Phi) is 19.6. The van der Waals surface area contributed by atoms with Crippen LogP contribution in [0.2, 0.25) is 0 Å². The average Bonchev–Trinajstić information content (AvgIpc) is 3.62. The molecule has 0 N–H and O–H groups in total. The third kappa shape index (κ3) is 13.0. The van der Waals surface area contributed by atoms with E-state index < -0.39 is 41.4 Å². The van der Waals surface area contributed by atoms with Crippen molar-refractivity contribution in [1.29, 1.82) is 0 Å². The highest BCUT2D eigenvalue weighted by Crippen LogP contribution is 2.33. The zero-order chi connectivity index (χ0) is 42.7. The van der Waals surface area contributed by atoms with Gasteiger partial charge in [-0.3, -0.25) is 28.9 Å². The van der Waals surface area contributed by atoms with Crippen LogP contribution in [0.15, 0.2) is 30.3 Å². The lowest BCUT2D eigenvalue weighted by molar-refractivity contribution is -0.149. The van der Waals surface area contributed by atoms with Gasteiger partial charge in [-0.1, -0.05) is 106 Å². The number of carbonyl (C=O) groups is 5. The zero-order valence-electron chi connectivity index (χ0n) is 37.6. The van der Waals surface area contributed by atoms with Gasteiger partial charge in [0.1, 0.15) is 11.6 Å². The van der Waals surface area contributed by atoms with E-state index in [4.69, 9.17) is 9.47 Å². The number of rotatable bonds is 23. The Balaban J connectivity index is 2.32. The maximum Gasteiger partial charge on any atom is 0.226 e. The standard InChI is InChI=1S/C46H77N3O7/c1-16-31(6)42(48(13)45(54)35(29(2)3)27-38(51)41(30(4)5)47(11)12)39(55-14)28-40(52)49-24-20-23-36(49)43(56-15)32(7)37(50)26-34(44(53)46(8,9)10)25-33-21-18-17-19-22-33/h17-19,21-22,29-32,34-36,39,41-43H,16,20,23-28H2,1-15H3/t31?,32-,34+,35?,36?,39+,41?,42?,43+/m0/s1. The molecule has 318 valence electrons. The summed E-state index contributed by atoms with van der Waals surface area (Å²) < 4.78 is 12.1. The lowest BCUT2D eigenvalue weighted by Crippen LogP contribution is -2.54. The summed E-state index contributed by atoms with van der Waals surface area (Å²) >= 11 is 0. The van der Waals surface area contributed by atoms with E-state index in [1.54, 1.807) is 26.2 Å². The van der Waals surface area contributed by atoms with Crippen LogP contribution in [-0.4, -0.2) is 116 Å². The van der Waals surface area contributed by atoms with Gasteiger partial charge >= 0.3 is 0 Å². The quantitative estimate of drug-likeness (QED) is 0.115. The van der Waals surface area contributed by atoms with E-state index in [-0.39, 0.29) is 78.3 Å². The maximum absolute atomic E-state index is 14.3. The molecule has 9 atom stereocenters. The summed E-state index contributed by atoms with van der Waals surface area (Å²) in [7, 11) is 8.76. The van der Waals surface area contributed by atoms with Crippen molar-refractivity contribution in [2.24, 2.45) is 40.9 Å². The van der Waals surface area contributed by atoms with Crippen LogP contribution < -0.4 is 0 Å². The number of benzene rings is 1. The van der Waals surface area contributed by atoms with Crippen LogP contribution in [-0.2, 0) is 39.9 Å². The minimum atomic E-state index is -0.599. The number of Topliss-reactive ketones (excluding diaryl/α,β-unsaturated/α-hetero) is 3. The van der Waals surface area contributed by atoms with Crippen LogP contribution in [0.5, 0.6) is 0 Å². The Morgan fingerprint density at radius 1 is 0.839 bits per heavy atom. The van der Waals surface area contributed by atoms with E-state index in [0.29, 0.717) is 19.4 Å². The lowest BCUT2D eigenvalue weighted by Gasteiger charge is -2.41. The van der Waals surface area contributed by atoms with Crippen LogP contribution in [0.4, 0.5) is 0 Å². The highest BCUT2D eigenvalue weighted by molar-refractivity contribution is 5.92. The Morgan fingerprint density at radius 2 is 1.45 bits per heavy atom. The normalized spacial score (nSPS) is 19.3. The largest absolute Gasteiger partial charge is 0.379 e. The number of methoxy groups -OCH3 is 2. The number of hydrogen-bond donors (Lipinski definition) is 0. The Hall–Kier alpha value is -2.95. The first-order valence-corrected chi connectivity index (χ1v) is 21.0. The number of likely N-dealkylation sites (tertiary alicyclic amines) is 1. The molecule has 0 aromatic heterocycles. The van der Waals surface area contributed by atoms with Crippen LogP contribution in [0.3, 0.4) is 0 Å². The van der Waals surface area contributed by atoms with Gasteiger partial charge in [0.05, 0.1) is 36.8 Å². The molecule has 0 aliphatic carbocycles. The van der Waals surface area contributed by atoms with Gasteiger partial charge in [0.2, 0.25) is 11.8 Å². The highest BCUT2D eigenvalue weighted by Gasteiger charge is 2.44. The fraction of sp³-hybridized carbons (Fsp3) is 0.761. The molecule has 1 saturated heterocycles. The molecular weight excluding hydrogens is 707 g/mol. The van der Waals surface area contributed by atoms with Gasteiger partial charge in [0.15, 0.2) is 5.78 Å². The molecule has 0 radical (unpaired) electrons. The summed E-state index contributed by atoms with van der Waals surface area (Å²) in [5.41, 5.74) is 0.414. The molecule has 0 spiro atoms. The fourth-order valence-electron chi connectivity index (χ4n) is 9.00. The number of ether oxygens (including phenoxy) is 2. The van der Waals surface area contributed by atoms with Crippen LogP contribution in [0.1, 0.15) is 113 Å². The van der Waals surface area contributed by atoms with Crippen molar-refractivity contribution in [3.05, 3.63) is 35.9 Å². The minimum Gasteiger partial charge on any atom is -0.379 e. The number of carbonyl (C=O) groups excluding carboxylic acids is 5. The van der Waals surface area contributed by atoms with E-state index in [1.165, 1.54) is 0 Å². The van der Waals surface area contributed by atoms with Gasteiger partial charge in [0, 0.05) is 63.8 Å². The summed E-state index contributed by atoms with van der Waals surface area (Å²) in [6.07, 6.45) is 1.87. The molecule has 1 aromatic rings. The molecule has 10 nitrogen and oxygen atoms in total. The smallest absolute Gasteiger partial charge is 0.226 e. The molecule has 1 aliphatic heterocycles. The topological polar surface area (TPSA) is 114 Å². The summed E-state index contributed by atoms with van der Waals surface area (Å²) in [5, 5.41) is 0. The number of ketones is 3. The molecular formula is C46H77N3O7. The predicted molar refractivity (Wildman–Crippen MR) is 224 cm³/mol. The lowest BCUT2D eigenvalue weighted by atomic mass is 9.76. The molecule has 10 heteroatoms. The van der Waals surface area contributed by atoms with E-state index >= 15 is 0 Å². The molecule has 2 amide bonds. The number of likely N-dealkylation sites (N-methyl/N-ethyl adjacent to an activating group) is 2. The fourth-order valence-corrected chi connectivity index (χ4v) is 9.00. The summed E-state index contributed by atoms with van der Waals surface area (Å²) in [6, 6.07) is 8.79. The summed E-state index contributed by atoms with van der Waals surface area (Å²) in [5.74, 6) is -1.64. The van der Waals surface area contributed by atoms with E-state index in [9.17, 15) is 24.0 Å². The average molecular weight is 784 g/mol. The van der Waals surface area contributed by atoms with Crippen molar-refractivity contribution in [1.82, 2.24) is 14.7 Å². The van der Waals surface area contributed by atoms with Crippen molar-refractivity contribution in [2.45, 2.75) is 145 Å². The Morgan fingerprint density at radius 3 is 1.93 bits per heavy atom. The second kappa shape index (κ2) is 22.3. The van der Waals surface area contributed by atoms with Gasteiger partial charge < -0.3 is 19.3 Å². The van der Waals surface area contributed by atoms with Gasteiger partial charge in [-0.15, -0.1) is 0 Å². The SMILES string of the molecule is CCC(C)C([C@@H](CC(=O)N1CCCC1[C@H](OC)[C@@H](C)C(=O)C[C@@H](Cc1ccccc1)C(=O)C(C)(C)C)OC)N(C)C(=O)C(CC(=O)C(C(C)C)N(C)C)C(C)C. The van der Waals surface area contributed by atoms with Crippen LogP contribution in [0.25, 0.3) is 0 Å². The number of amides is 2. The molecule has 1 fully saturated rings. The first-order valence-electron chi connectivity index (χ1n) is 21.0. The van der Waals surface area contributed by atoms with Crippen molar-refractivity contribution >= 4 is 29.2 Å². The molecule has 2 rings (SSSR count). The molecule has 1 aromatic carbocycles. The van der Waals surface area contributed by atoms with Crippen molar-refractivity contribution in [2.75, 3.05) is 41.9 Å². The number of hydrogen-bond acceptors (Lipinski definition) is 8. The molecule has 1 aliphatic rings. The second-order valence-corrected chi connectivity index (χ2v) is 18.4. The molecule has 0 bridgehead atoms. The predicted octanol–water partition coefficient (Wildman–Crippen LogP) is 7.16. The second-order valence-electron chi connectivity index (χ2n) is 18.4. The van der Waals surface area contributed by atoms with Crippen molar-refractivity contribution in [3.8, 4) is 0 Å². The third-order valence-electron chi connectivity index (χ3n) is 12.3. The third-order valence-corrected chi connectivity index (χ3v) is 12.3. The maximum atomic E-state index is 14.3. The first kappa shape index (κ1) is 49.2. The van der Waals surface area contributed by atoms with Crippen LogP contribution in [0, 0.1) is 40.9 Å². The Bertz CT molecular complexity index is 1410. The molecule has 0 saturated carbocycles. The van der Waals surface area contributed by atoms with Gasteiger partial charge in [0.25, 0.3) is 0 Å². The molecule has 1 heterocycles. The van der Waals surface area contributed by atoms with E-state index in [2.05, 4.69) is 13.8 Å². The Labute approximate surface area is 339 Å². The molecule has 56 heavy (non-hydrogen) atoms. The zero-order valence-corrected chi connectivity index (χ0v) is 37.6. The number of nitrogens with zero attached hydrogens (tertiary/aromatic N) is 3. The van der Waals surface area contributed by atoms with Gasteiger partial charge in [-0.2, -0.15) is 0 Å². The van der Waals surface area contributed by atoms with Crippen molar-refractivity contribution in [3.63, 3.8) is 0 Å². The van der Waals surface area contributed by atoms with E-state index in [1.807, 2.05) is 110 Å². The summed E-state index contributed by atoms with van der Waals surface area (Å²) in [4.78, 5) is 75.4. The minimum absolute atomic E-state index is 0.00813. The van der Waals surface area contributed by atoms with Crippen molar-refractivity contribution < 1.29 is 33.4 Å². The monoisotopic (exact) mass is 784 g/mol. The molecule has 5 unspecified atom stereocenters. The van der Waals surface area contributed by atoms with Gasteiger partial charge in [-0.25, -0.2) is 0 Å². The van der Waals surface area contributed by atoms with Gasteiger partial charge in [-0.05, 0) is 56.7 Å². The van der Waals surface area contributed by atoms with E-state index in [0.717, 1.165) is 18.4 Å².